The van der Waals surface area contributed by atoms with Crippen molar-refractivity contribution in [3.8, 4) is 0 Å². The maximum atomic E-state index is 13.2. The molecule has 1 rings (SSSR count). The minimum absolute atomic E-state index is 0.105. The topological polar surface area (TPSA) is 38.3 Å². The van der Waals surface area contributed by atoms with Crippen LogP contribution in [0.25, 0.3) is 0 Å². The first-order valence-electron chi connectivity index (χ1n) is 4.91. The van der Waals surface area contributed by atoms with Crippen molar-refractivity contribution in [2.75, 3.05) is 20.3 Å². The summed E-state index contributed by atoms with van der Waals surface area (Å²) in [4.78, 5) is 11.4. The lowest BCUT2D eigenvalue weighted by Crippen LogP contribution is -2.32. The monoisotopic (exact) mass is 307 g/mol. The number of hydrogen-bond acceptors (Lipinski definition) is 2. The zero-order valence-corrected chi connectivity index (χ0v) is 10.8. The number of carbonyl (C=O) groups is 1. The predicted octanol–water partition coefficient (Wildman–Crippen LogP) is 2.10. The molecule has 1 aromatic rings. The van der Waals surface area contributed by atoms with E-state index in [9.17, 15) is 13.6 Å². The smallest absolute Gasteiger partial charge is 0.257 e. The molecule has 0 heterocycles. The molecule has 0 saturated carbocycles. The van der Waals surface area contributed by atoms with Gasteiger partial charge in [-0.25, -0.2) is 8.78 Å². The van der Waals surface area contributed by atoms with Gasteiger partial charge in [0.15, 0.2) is 0 Å². The molecule has 6 heteroatoms. The Morgan fingerprint density at radius 2 is 2.06 bits per heavy atom. The van der Waals surface area contributed by atoms with E-state index in [1.54, 1.807) is 0 Å². The largest absolute Gasteiger partial charge is 0.383 e. The normalized spacial score (nSPS) is 12.2. The Morgan fingerprint density at radius 1 is 1.47 bits per heavy atom. The highest BCUT2D eigenvalue weighted by Crippen LogP contribution is 2.11. The molecular weight excluding hydrogens is 296 g/mol. The molecule has 1 unspecified atom stereocenters. The molecule has 1 amide bonds. The molecular formula is C11H12BrF2NO2. The van der Waals surface area contributed by atoms with Crippen molar-refractivity contribution in [1.82, 2.24) is 5.32 Å². The van der Waals surface area contributed by atoms with E-state index in [0.717, 1.165) is 12.1 Å². The fourth-order valence-electron chi connectivity index (χ4n) is 1.25. The summed E-state index contributed by atoms with van der Waals surface area (Å²) in [7, 11) is 1.52. The van der Waals surface area contributed by atoms with Crippen molar-refractivity contribution in [2.45, 2.75) is 4.83 Å². The van der Waals surface area contributed by atoms with Crippen LogP contribution in [0.2, 0.25) is 0 Å². The first-order valence-corrected chi connectivity index (χ1v) is 5.83. The molecule has 17 heavy (non-hydrogen) atoms. The fraction of sp³-hybridized carbons (Fsp3) is 0.364. The Morgan fingerprint density at radius 3 is 2.59 bits per heavy atom. The van der Waals surface area contributed by atoms with Gasteiger partial charge in [-0.15, -0.1) is 0 Å². The van der Waals surface area contributed by atoms with Crippen LogP contribution in [0.15, 0.2) is 18.2 Å². The molecule has 0 radical (unpaired) electrons. The molecule has 0 aromatic heterocycles. The Bertz CT molecular complexity index is 381. The van der Waals surface area contributed by atoms with Crippen LogP contribution in [-0.2, 0) is 4.74 Å². The van der Waals surface area contributed by atoms with Crippen molar-refractivity contribution in [3.63, 3.8) is 0 Å². The number of amides is 1. The summed E-state index contributed by atoms with van der Waals surface area (Å²) in [5, 5.41) is 2.42. The van der Waals surface area contributed by atoms with Gasteiger partial charge in [0.05, 0.1) is 11.4 Å². The number of methoxy groups -OCH3 is 1. The van der Waals surface area contributed by atoms with Gasteiger partial charge in [-0.2, -0.15) is 0 Å². The Kier molecular flexibility index (Phi) is 5.50. The third-order valence-electron chi connectivity index (χ3n) is 2.02. The second-order valence-corrected chi connectivity index (χ2v) is 4.65. The minimum atomic E-state index is -0.875. The van der Waals surface area contributed by atoms with Crippen LogP contribution in [0, 0.1) is 11.6 Å². The fourth-order valence-corrected chi connectivity index (χ4v) is 1.67. The van der Waals surface area contributed by atoms with E-state index in [1.807, 2.05) is 0 Å². The lowest BCUT2D eigenvalue weighted by Gasteiger charge is -2.10. The number of rotatable bonds is 5. The van der Waals surface area contributed by atoms with E-state index < -0.39 is 23.1 Å². The average molecular weight is 308 g/mol. The van der Waals surface area contributed by atoms with Gasteiger partial charge in [-0.1, -0.05) is 22.0 Å². The number of alkyl halides is 1. The Hall–Kier alpha value is -1.01. The highest BCUT2D eigenvalue weighted by atomic mass is 79.9. The van der Waals surface area contributed by atoms with Crippen molar-refractivity contribution < 1.29 is 18.3 Å². The number of nitrogens with one attached hydrogen (secondary N) is 1. The standard InChI is InChI=1S/C11H12BrF2NO2/c1-17-6-7(12)5-15-11(16)10-8(13)3-2-4-9(10)14/h2-4,7H,5-6H2,1H3,(H,15,16). The van der Waals surface area contributed by atoms with Gasteiger partial charge in [-0.05, 0) is 12.1 Å². The van der Waals surface area contributed by atoms with Gasteiger partial charge in [0.2, 0.25) is 0 Å². The van der Waals surface area contributed by atoms with Crippen molar-refractivity contribution >= 4 is 21.8 Å². The molecule has 1 aromatic carbocycles. The van der Waals surface area contributed by atoms with Crippen LogP contribution in [0.4, 0.5) is 8.78 Å². The quantitative estimate of drug-likeness (QED) is 0.846. The Balaban J connectivity index is 2.64. The molecule has 0 spiro atoms. The van der Waals surface area contributed by atoms with E-state index in [4.69, 9.17) is 4.74 Å². The van der Waals surface area contributed by atoms with Crippen LogP contribution >= 0.6 is 15.9 Å². The van der Waals surface area contributed by atoms with Crippen LogP contribution in [-0.4, -0.2) is 31.0 Å². The number of ether oxygens (including phenoxy) is 1. The van der Waals surface area contributed by atoms with Crippen molar-refractivity contribution in [1.29, 1.82) is 0 Å². The SMILES string of the molecule is COCC(Br)CNC(=O)c1c(F)cccc1F. The molecule has 3 nitrogen and oxygen atoms in total. The van der Waals surface area contributed by atoms with E-state index in [1.165, 1.54) is 13.2 Å². The second kappa shape index (κ2) is 6.66. The van der Waals surface area contributed by atoms with Gasteiger partial charge in [-0.3, -0.25) is 4.79 Å². The molecule has 94 valence electrons. The molecule has 1 N–H and O–H groups in total. The molecule has 0 bridgehead atoms. The molecule has 0 fully saturated rings. The summed E-state index contributed by atoms with van der Waals surface area (Å²) in [5.41, 5.74) is -0.565. The molecule has 0 aliphatic heterocycles. The van der Waals surface area contributed by atoms with Crippen LogP contribution in [0.5, 0.6) is 0 Å². The lowest BCUT2D eigenvalue weighted by atomic mass is 10.2. The number of benzene rings is 1. The van der Waals surface area contributed by atoms with Gasteiger partial charge in [0, 0.05) is 13.7 Å². The summed E-state index contributed by atoms with van der Waals surface area (Å²) < 4.78 is 31.3. The van der Waals surface area contributed by atoms with E-state index >= 15 is 0 Å². The molecule has 0 aliphatic rings. The zero-order valence-electron chi connectivity index (χ0n) is 9.17. The van der Waals surface area contributed by atoms with Crippen molar-refractivity contribution in [2.24, 2.45) is 0 Å². The highest BCUT2D eigenvalue weighted by molar-refractivity contribution is 9.09. The maximum absolute atomic E-state index is 13.2. The summed E-state index contributed by atoms with van der Waals surface area (Å²) in [5.74, 6) is -2.53. The van der Waals surface area contributed by atoms with Crippen molar-refractivity contribution in [3.05, 3.63) is 35.4 Å². The maximum Gasteiger partial charge on any atom is 0.257 e. The summed E-state index contributed by atoms with van der Waals surface area (Å²) in [6.07, 6.45) is 0. The van der Waals surface area contributed by atoms with Gasteiger partial charge >= 0.3 is 0 Å². The minimum Gasteiger partial charge on any atom is -0.383 e. The Labute approximate surface area is 106 Å². The van der Waals surface area contributed by atoms with Crippen LogP contribution < -0.4 is 5.32 Å². The van der Waals surface area contributed by atoms with E-state index in [-0.39, 0.29) is 11.4 Å². The van der Waals surface area contributed by atoms with Crippen LogP contribution in [0.1, 0.15) is 10.4 Å². The third kappa shape index (κ3) is 4.05. The second-order valence-electron chi connectivity index (χ2n) is 3.36. The summed E-state index contributed by atoms with van der Waals surface area (Å²) in [6, 6.07) is 3.29. The zero-order chi connectivity index (χ0) is 12.8. The predicted molar refractivity (Wildman–Crippen MR) is 63.3 cm³/mol. The molecule has 0 aliphatic carbocycles. The number of carbonyl (C=O) groups excluding carboxylic acids is 1. The molecule has 1 atom stereocenters. The van der Waals surface area contributed by atoms with Gasteiger partial charge < -0.3 is 10.1 Å². The van der Waals surface area contributed by atoms with Crippen LogP contribution in [0.3, 0.4) is 0 Å². The summed E-state index contributed by atoms with van der Waals surface area (Å²) >= 11 is 3.25. The number of hydrogen-bond donors (Lipinski definition) is 1. The van der Waals surface area contributed by atoms with E-state index in [2.05, 4.69) is 21.2 Å². The van der Waals surface area contributed by atoms with Gasteiger partial charge in [0.1, 0.15) is 17.2 Å². The van der Waals surface area contributed by atoms with E-state index in [0.29, 0.717) is 6.61 Å². The van der Waals surface area contributed by atoms with Gasteiger partial charge in [0.25, 0.3) is 5.91 Å². The average Bonchev–Trinajstić information content (AvgIpc) is 2.26. The molecule has 0 saturated heterocycles. The highest BCUT2D eigenvalue weighted by Gasteiger charge is 2.17. The first kappa shape index (κ1) is 14.1. The summed E-state index contributed by atoms with van der Waals surface area (Å²) in [6.45, 7) is 0.612. The third-order valence-corrected chi connectivity index (χ3v) is 2.61. The lowest BCUT2D eigenvalue weighted by molar-refractivity contribution is 0.0941. The first-order chi connectivity index (χ1) is 8.06. The number of halogens is 3.